The highest BCUT2D eigenvalue weighted by Crippen LogP contribution is 2.31. The molecule has 3 nitrogen and oxygen atoms in total. The fourth-order valence-corrected chi connectivity index (χ4v) is 3.90. The van der Waals surface area contributed by atoms with E-state index in [2.05, 4.69) is 19.2 Å². The number of carboxylic acids is 1. The Balaban J connectivity index is 1.68. The average molecular weight is 267 g/mol. The Morgan fingerprint density at radius 2 is 1.79 bits per heavy atom. The predicted octanol–water partition coefficient (Wildman–Crippen LogP) is 3.29. The van der Waals surface area contributed by atoms with Crippen LogP contribution in [0.25, 0.3) is 0 Å². The number of rotatable bonds is 4. The smallest absolute Gasteiger partial charge is 0.306 e. The van der Waals surface area contributed by atoms with Gasteiger partial charge >= 0.3 is 5.97 Å². The molecule has 0 bridgehead atoms. The fourth-order valence-electron chi connectivity index (χ4n) is 3.90. The number of carbonyl (C=O) groups is 1. The van der Waals surface area contributed by atoms with Crippen molar-refractivity contribution in [3.05, 3.63) is 0 Å². The van der Waals surface area contributed by atoms with Gasteiger partial charge in [-0.25, -0.2) is 0 Å². The molecule has 0 aliphatic heterocycles. The van der Waals surface area contributed by atoms with E-state index in [4.69, 9.17) is 5.11 Å². The van der Waals surface area contributed by atoms with Crippen molar-refractivity contribution in [2.24, 2.45) is 23.7 Å². The second kappa shape index (κ2) is 6.74. The summed E-state index contributed by atoms with van der Waals surface area (Å²) in [7, 11) is 0. The van der Waals surface area contributed by atoms with E-state index in [1.165, 1.54) is 19.3 Å². The van der Waals surface area contributed by atoms with Crippen LogP contribution in [0, 0.1) is 23.7 Å². The summed E-state index contributed by atoms with van der Waals surface area (Å²) < 4.78 is 0. The van der Waals surface area contributed by atoms with Crippen LogP contribution in [0.3, 0.4) is 0 Å². The SMILES string of the molecule is CC1CCC(NCC2CCC(C(=O)O)CC2)C(C)C1. The molecule has 0 aromatic carbocycles. The zero-order valence-corrected chi connectivity index (χ0v) is 12.4. The molecule has 2 N–H and O–H groups in total. The standard InChI is InChI=1S/C16H29NO2/c1-11-3-8-15(12(2)9-11)17-10-13-4-6-14(7-5-13)16(18)19/h11-15,17H,3-10H2,1-2H3,(H,18,19). The van der Waals surface area contributed by atoms with Gasteiger partial charge in [0.25, 0.3) is 0 Å². The maximum absolute atomic E-state index is 10.9. The third-order valence-corrected chi connectivity index (χ3v) is 5.30. The van der Waals surface area contributed by atoms with Gasteiger partial charge in [0.1, 0.15) is 0 Å². The summed E-state index contributed by atoms with van der Waals surface area (Å²) in [4.78, 5) is 10.9. The molecule has 0 amide bonds. The minimum absolute atomic E-state index is 0.0781. The largest absolute Gasteiger partial charge is 0.481 e. The third kappa shape index (κ3) is 4.20. The van der Waals surface area contributed by atoms with E-state index in [0.29, 0.717) is 12.0 Å². The molecule has 0 saturated heterocycles. The maximum atomic E-state index is 10.9. The number of aliphatic carboxylic acids is 1. The number of hydrogen-bond donors (Lipinski definition) is 2. The van der Waals surface area contributed by atoms with Gasteiger partial charge < -0.3 is 10.4 Å². The van der Waals surface area contributed by atoms with Crippen molar-refractivity contribution >= 4 is 5.97 Å². The second-order valence-electron chi connectivity index (χ2n) is 6.97. The Kier molecular flexibility index (Phi) is 5.26. The molecule has 2 aliphatic rings. The molecule has 0 spiro atoms. The van der Waals surface area contributed by atoms with Gasteiger partial charge in [-0.3, -0.25) is 4.79 Å². The quantitative estimate of drug-likeness (QED) is 0.821. The topological polar surface area (TPSA) is 49.3 Å². The molecule has 0 heterocycles. The molecule has 0 radical (unpaired) electrons. The van der Waals surface area contributed by atoms with Gasteiger partial charge in [-0.15, -0.1) is 0 Å². The Labute approximate surface area is 117 Å². The van der Waals surface area contributed by atoms with E-state index in [1.807, 2.05) is 0 Å². The molecule has 0 aromatic heterocycles. The van der Waals surface area contributed by atoms with Crippen LogP contribution >= 0.6 is 0 Å². The molecule has 2 aliphatic carbocycles. The summed E-state index contributed by atoms with van der Waals surface area (Å²) in [5.41, 5.74) is 0. The van der Waals surface area contributed by atoms with Crippen LogP contribution in [-0.2, 0) is 4.79 Å². The van der Waals surface area contributed by atoms with Crippen LogP contribution in [0.4, 0.5) is 0 Å². The van der Waals surface area contributed by atoms with Crippen molar-refractivity contribution in [3.63, 3.8) is 0 Å². The first-order chi connectivity index (χ1) is 9.06. The van der Waals surface area contributed by atoms with Crippen molar-refractivity contribution in [3.8, 4) is 0 Å². The van der Waals surface area contributed by atoms with Crippen LogP contribution in [0.1, 0.15) is 58.8 Å². The predicted molar refractivity (Wildman–Crippen MR) is 77.1 cm³/mol. The summed E-state index contributed by atoms with van der Waals surface area (Å²) in [5, 5.41) is 12.8. The molecular weight excluding hydrogens is 238 g/mol. The van der Waals surface area contributed by atoms with Crippen LogP contribution in [0.5, 0.6) is 0 Å². The van der Waals surface area contributed by atoms with E-state index in [0.717, 1.165) is 44.1 Å². The number of carboxylic acid groups (broad SMARTS) is 1. The Hall–Kier alpha value is -0.570. The minimum atomic E-state index is -0.596. The molecule has 2 fully saturated rings. The Morgan fingerprint density at radius 1 is 1.11 bits per heavy atom. The van der Waals surface area contributed by atoms with Gasteiger partial charge in [0, 0.05) is 6.04 Å². The highest BCUT2D eigenvalue weighted by Gasteiger charge is 2.28. The van der Waals surface area contributed by atoms with E-state index in [1.54, 1.807) is 0 Å². The molecular formula is C16H29NO2. The summed E-state index contributed by atoms with van der Waals surface area (Å²) in [6, 6.07) is 0.688. The van der Waals surface area contributed by atoms with Gasteiger partial charge in [0.05, 0.1) is 5.92 Å². The molecule has 0 aromatic rings. The normalized spacial score (nSPS) is 40.0. The molecule has 3 unspecified atom stereocenters. The van der Waals surface area contributed by atoms with E-state index in [9.17, 15) is 4.79 Å². The molecule has 3 heteroatoms. The van der Waals surface area contributed by atoms with Crippen LogP contribution in [0.2, 0.25) is 0 Å². The lowest BCUT2D eigenvalue weighted by atomic mass is 9.79. The minimum Gasteiger partial charge on any atom is -0.481 e. The Morgan fingerprint density at radius 3 is 2.37 bits per heavy atom. The van der Waals surface area contributed by atoms with Crippen molar-refractivity contribution in [1.29, 1.82) is 0 Å². The lowest BCUT2D eigenvalue weighted by Crippen LogP contribution is -2.42. The van der Waals surface area contributed by atoms with Crippen molar-refractivity contribution in [2.75, 3.05) is 6.54 Å². The van der Waals surface area contributed by atoms with Crippen LogP contribution < -0.4 is 5.32 Å². The van der Waals surface area contributed by atoms with E-state index < -0.39 is 5.97 Å². The molecule has 110 valence electrons. The van der Waals surface area contributed by atoms with Gasteiger partial charge in [-0.2, -0.15) is 0 Å². The molecule has 2 rings (SSSR count). The van der Waals surface area contributed by atoms with Crippen LogP contribution in [-0.4, -0.2) is 23.7 Å². The monoisotopic (exact) mass is 267 g/mol. The van der Waals surface area contributed by atoms with Crippen molar-refractivity contribution in [2.45, 2.75) is 64.8 Å². The zero-order chi connectivity index (χ0) is 13.8. The van der Waals surface area contributed by atoms with Gasteiger partial charge in [-0.1, -0.05) is 13.8 Å². The van der Waals surface area contributed by atoms with Gasteiger partial charge in [0.15, 0.2) is 0 Å². The number of hydrogen-bond acceptors (Lipinski definition) is 2. The van der Waals surface area contributed by atoms with Crippen molar-refractivity contribution in [1.82, 2.24) is 5.32 Å². The lowest BCUT2D eigenvalue weighted by molar-refractivity contribution is -0.143. The Bertz CT molecular complexity index is 297. The first kappa shape index (κ1) is 14.8. The molecule has 2 saturated carbocycles. The average Bonchev–Trinajstić information content (AvgIpc) is 2.38. The zero-order valence-electron chi connectivity index (χ0n) is 12.4. The van der Waals surface area contributed by atoms with E-state index in [-0.39, 0.29) is 5.92 Å². The summed E-state index contributed by atoms with van der Waals surface area (Å²) in [5.74, 6) is 1.70. The van der Waals surface area contributed by atoms with Crippen molar-refractivity contribution < 1.29 is 9.90 Å². The maximum Gasteiger partial charge on any atom is 0.306 e. The van der Waals surface area contributed by atoms with Gasteiger partial charge in [-0.05, 0) is 69.2 Å². The lowest BCUT2D eigenvalue weighted by Gasteiger charge is -2.35. The summed E-state index contributed by atoms with van der Waals surface area (Å²) >= 11 is 0. The highest BCUT2D eigenvalue weighted by atomic mass is 16.4. The first-order valence-electron chi connectivity index (χ1n) is 8.02. The summed E-state index contributed by atoms with van der Waals surface area (Å²) in [6.07, 6.45) is 7.94. The number of nitrogens with one attached hydrogen (secondary N) is 1. The third-order valence-electron chi connectivity index (χ3n) is 5.30. The van der Waals surface area contributed by atoms with Crippen LogP contribution in [0.15, 0.2) is 0 Å². The van der Waals surface area contributed by atoms with Gasteiger partial charge in [0.2, 0.25) is 0 Å². The summed E-state index contributed by atoms with van der Waals surface area (Å²) in [6.45, 7) is 5.82. The second-order valence-corrected chi connectivity index (χ2v) is 6.97. The first-order valence-corrected chi connectivity index (χ1v) is 8.02. The van der Waals surface area contributed by atoms with E-state index >= 15 is 0 Å². The molecule has 19 heavy (non-hydrogen) atoms. The molecule has 3 atom stereocenters. The fraction of sp³-hybridized carbons (Fsp3) is 0.938. The highest BCUT2D eigenvalue weighted by molar-refractivity contribution is 5.69.